The first kappa shape index (κ1) is 11.5. The maximum Gasteiger partial charge on any atom is 0.287 e. The first-order valence-corrected chi connectivity index (χ1v) is 4.47. The average Bonchev–Trinajstić information content (AvgIpc) is 2.21. The molecule has 3 nitrogen and oxygen atoms in total. The van der Waals surface area contributed by atoms with Crippen LogP contribution in [0.2, 0.25) is 5.02 Å². The third-order valence-corrected chi connectivity index (χ3v) is 1.89. The van der Waals surface area contributed by atoms with Crippen molar-refractivity contribution >= 4 is 23.2 Å². The highest BCUT2D eigenvalue weighted by Crippen LogP contribution is 2.20. The molecule has 0 fully saturated rings. The number of benzene rings is 1. The second-order valence-electron chi connectivity index (χ2n) is 2.64. The van der Waals surface area contributed by atoms with Gasteiger partial charge in [0.1, 0.15) is 6.26 Å². The molecule has 1 amide bonds. The van der Waals surface area contributed by atoms with Crippen molar-refractivity contribution in [3.63, 3.8) is 0 Å². The van der Waals surface area contributed by atoms with Crippen LogP contribution < -0.4 is 5.32 Å². The van der Waals surface area contributed by atoms with Gasteiger partial charge in [0.05, 0.1) is 17.8 Å². The summed E-state index contributed by atoms with van der Waals surface area (Å²) in [5.74, 6) is -1.91. The highest BCUT2D eigenvalue weighted by atomic mass is 35.5. The maximum absolute atomic E-state index is 12.9. The Hall–Kier alpha value is -1.55. The minimum absolute atomic E-state index is 0.344. The number of halogens is 2. The largest absolute Gasteiger partial charge is 0.501 e. The molecule has 1 aromatic rings. The van der Waals surface area contributed by atoms with Gasteiger partial charge in [-0.05, 0) is 12.1 Å². The van der Waals surface area contributed by atoms with Crippen LogP contribution in [0.15, 0.2) is 36.4 Å². The van der Waals surface area contributed by atoms with Crippen molar-refractivity contribution in [1.82, 2.24) is 0 Å². The highest BCUT2D eigenvalue weighted by molar-refractivity contribution is 6.33. The second-order valence-corrected chi connectivity index (χ2v) is 3.04. The molecule has 0 aromatic heterocycles. The Morgan fingerprint density at radius 1 is 1.53 bits per heavy atom. The van der Waals surface area contributed by atoms with Crippen molar-refractivity contribution in [3.8, 4) is 0 Å². The molecule has 0 spiro atoms. The van der Waals surface area contributed by atoms with E-state index in [1.807, 2.05) is 0 Å². The molecule has 0 saturated carbocycles. The van der Waals surface area contributed by atoms with Crippen LogP contribution >= 0.6 is 11.6 Å². The number of carbonyl (C=O) groups is 1. The molecule has 0 unspecified atom stereocenters. The van der Waals surface area contributed by atoms with Crippen LogP contribution in [0, 0.1) is 0 Å². The van der Waals surface area contributed by atoms with E-state index < -0.39 is 11.7 Å². The summed E-state index contributed by atoms with van der Waals surface area (Å²) in [5.41, 5.74) is 0.351. The molecule has 0 heterocycles. The van der Waals surface area contributed by atoms with E-state index in [9.17, 15) is 9.18 Å². The fourth-order valence-corrected chi connectivity index (χ4v) is 1.08. The average molecular weight is 230 g/mol. The standard InChI is InChI=1S/C10H9ClFNO2/c1-15-6-8(12)10(14)13-9-5-3-2-4-7(9)11/h2-6H,1H3,(H,13,14)/b8-6-. The molecular formula is C10H9ClFNO2. The van der Waals surface area contributed by atoms with E-state index in [-0.39, 0.29) is 0 Å². The molecule has 80 valence electrons. The number of amides is 1. The monoisotopic (exact) mass is 229 g/mol. The van der Waals surface area contributed by atoms with Crippen molar-refractivity contribution < 1.29 is 13.9 Å². The fourth-order valence-electron chi connectivity index (χ4n) is 0.902. The van der Waals surface area contributed by atoms with Crippen molar-refractivity contribution in [2.75, 3.05) is 12.4 Å². The molecule has 0 bridgehead atoms. The molecule has 0 atom stereocenters. The van der Waals surface area contributed by atoms with Gasteiger partial charge in [0.25, 0.3) is 5.91 Å². The SMILES string of the molecule is CO/C=C(\F)C(=O)Nc1ccccc1Cl. The van der Waals surface area contributed by atoms with Crippen LogP contribution in [0.25, 0.3) is 0 Å². The zero-order valence-electron chi connectivity index (χ0n) is 7.96. The van der Waals surface area contributed by atoms with Crippen molar-refractivity contribution in [2.45, 2.75) is 0 Å². The second kappa shape index (κ2) is 5.36. The van der Waals surface area contributed by atoms with Gasteiger partial charge in [0.15, 0.2) is 0 Å². The summed E-state index contributed by atoms with van der Waals surface area (Å²) in [7, 11) is 1.25. The highest BCUT2D eigenvalue weighted by Gasteiger charge is 2.10. The van der Waals surface area contributed by atoms with Gasteiger partial charge in [0.2, 0.25) is 5.83 Å². The van der Waals surface area contributed by atoms with Gasteiger partial charge in [-0.1, -0.05) is 23.7 Å². The molecule has 1 aromatic carbocycles. The van der Waals surface area contributed by atoms with E-state index in [1.54, 1.807) is 24.3 Å². The summed E-state index contributed by atoms with van der Waals surface area (Å²) in [6.07, 6.45) is 0.714. The zero-order chi connectivity index (χ0) is 11.3. The van der Waals surface area contributed by atoms with Gasteiger partial charge in [-0.3, -0.25) is 4.79 Å². The Labute approximate surface area is 91.5 Å². The quantitative estimate of drug-likeness (QED) is 0.639. The van der Waals surface area contributed by atoms with Gasteiger partial charge >= 0.3 is 0 Å². The topological polar surface area (TPSA) is 38.3 Å². The smallest absolute Gasteiger partial charge is 0.287 e. The van der Waals surface area contributed by atoms with E-state index in [4.69, 9.17) is 11.6 Å². The number of para-hydroxylation sites is 1. The number of ether oxygens (including phenoxy) is 1. The van der Waals surface area contributed by atoms with E-state index in [1.165, 1.54) is 7.11 Å². The fraction of sp³-hybridized carbons (Fsp3) is 0.100. The van der Waals surface area contributed by atoms with E-state index in [2.05, 4.69) is 10.1 Å². The molecule has 1 rings (SSSR count). The molecule has 0 radical (unpaired) electrons. The first-order chi connectivity index (χ1) is 7.15. The number of carbonyl (C=O) groups excluding carboxylic acids is 1. The number of rotatable bonds is 3. The van der Waals surface area contributed by atoms with Crippen LogP contribution in [0.5, 0.6) is 0 Å². The van der Waals surface area contributed by atoms with Crippen LogP contribution in [-0.2, 0) is 9.53 Å². The summed E-state index contributed by atoms with van der Waals surface area (Å²) in [6.45, 7) is 0. The molecule has 0 aliphatic rings. The maximum atomic E-state index is 12.9. The van der Waals surface area contributed by atoms with Crippen molar-refractivity contribution in [1.29, 1.82) is 0 Å². The van der Waals surface area contributed by atoms with Gasteiger partial charge < -0.3 is 10.1 Å². The number of hydrogen-bond acceptors (Lipinski definition) is 2. The number of anilines is 1. The van der Waals surface area contributed by atoms with Crippen LogP contribution in [0.4, 0.5) is 10.1 Å². The predicted molar refractivity (Wildman–Crippen MR) is 56.3 cm³/mol. The Morgan fingerprint density at radius 3 is 2.80 bits per heavy atom. The van der Waals surface area contributed by atoms with Crippen LogP contribution in [-0.4, -0.2) is 13.0 Å². The lowest BCUT2D eigenvalue weighted by atomic mass is 10.3. The molecule has 5 heteroatoms. The lowest BCUT2D eigenvalue weighted by Gasteiger charge is -2.04. The molecule has 15 heavy (non-hydrogen) atoms. The van der Waals surface area contributed by atoms with Crippen LogP contribution in [0.3, 0.4) is 0 Å². The third kappa shape index (κ3) is 3.25. The molecule has 0 aliphatic carbocycles. The lowest BCUT2D eigenvalue weighted by Crippen LogP contribution is -2.12. The molecule has 0 aliphatic heterocycles. The summed E-state index contributed by atoms with van der Waals surface area (Å²) in [4.78, 5) is 11.2. The van der Waals surface area contributed by atoms with E-state index in [0.717, 1.165) is 0 Å². The minimum atomic E-state index is -1.02. The van der Waals surface area contributed by atoms with Gasteiger partial charge in [-0.2, -0.15) is 4.39 Å². The Bertz CT molecular complexity index is 393. The zero-order valence-corrected chi connectivity index (χ0v) is 8.72. The first-order valence-electron chi connectivity index (χ1n) is 4.09. The Morgan fingerprint density at radius 2 is 2.20 bits per heavy atom. The summed E-state index contributed by atoms with van der Waals surface area (Å²) in [6, 6.07) is 6.55. The van der Waals surface area contributed by atoms with E-state index in [0.29, 0.717) is 17.0 Å². The summed E-state index contributed by atoms with van der Waals surface area (Å²) < 4.78 is 17.3. The normalized spacial score (nSPS) is 11.0. The third-order valence-electron chi connectivity index (χ3n) is 1.56. The van der Waals surface area contributed by atoms with Crippen LogP contribution in [0.1, 0.15) is 0 Å². The minimum Gasteiger partial charge on any atom is -0.501 e. The van der Waals surface area contributed by atoms with Crippen molar-refractivity contribution in [3.05, 3.63) is 41.4 Å². The summed E-state index contributed by atoms with van der Waals surface area (Å²) in [5, 5.41) is 2.64. The van der Waals surface area contributed by atoms with Gasteiger partial charge in [-0.25, -0.2) is 0 Å². The molecular weight excluding hydrogens is 221 g/mol. The summed E-state index contributed by atoms with van der Waals surface area (Å²) >= 11 is 5.76. The van der Waals surface area contributed by atoms with E-state index >= 15 is 0 Å². The Kier molecular flexibility index (Phi) is 4.12. The lowest BCUT2D eigenvalue weighted by molar-refractivity contribution is -0.114. The Balaban J connectivity index is 2.75. The number of methoxy groups -OCH3 is 1. The molecule has 1 N–H and O–H groups in total. The number of nitrogens with one attached hydrogen (secondary N) is 1. The number of hydrogen-bond donors (Lipinski definition) is 1. The van der Waals surface area contributed by atoms with Gasteiger partial charge in [0, 0.05) is 0 Å². The molecule has 0 saturated heterocycles. The van der Waals surface area contributed by atoms with Crippen molar-refractivity contribution in [2.24, 2.45) is 0 Å². The van der Waals surface area contributed by atoms with Gasteiger partial charge in [-0.15, -0.1) is 0 Å². The predicted octanol–water partition coefficient (Wildman–Crippen LogP) is 2.74.